The van der Waals surface area contributed by atoms with Gasteiger partial charge in [-0.25, -0.2) is 13.4 Å². The predicted octanol–water partition coefficient (Wildman–Crippen LogP) is 0.499. The van der Waals surface area contributed by atoms with Gasteiger partial charge in [-0.15, -0.1) is 0 Å². The predicted molar refractivity (Wildman–Crippen MR) is 103 cm³/mol. The summed E-state index contributed by atoms with van der Waals surface area (Å²) in [4.78, 5) is 19.9. The van der Waals surface area contributed by atoms with Crippen molar-refractivity contribution >= 4 is 32.8 Å². The van der Waals surface area contributed by atoms with Crippen LogP contribution in [-0.2, 0) is 27.8 Å². The lowest BCUT2D eigenvalue weighted by atomic mass is 10.2. The number of sulfonamides is 1. The Morgan fingerprint density at radius 3 is 2.96 bits per heavy atom. The molecule has 1 aliphatic heterocycles. The molecular weight excluding hydrogens is 382 g/mol. The van der Waals surface area contributed by atoms with Crippen molar-refractivity contribution < 1.29 is 13.2 Å². The van der Waals surface area contributed by atoms with Crippen molar-refractivity contribution in [2.24, 2.45) is 0 Å². The maximum atomic E-state index is 13.0. The second kappa shape index (κ2) is 7.00. The van der Waals surface area contributed by atoms with Crippen molar-refractivity contribution in [1.82, 2.24) is 29.8 Å². The molecule has 0 radical (unpaired) electrons. The molecule has 11 heteroatoms. The molecule has 0 fully saturated rings. The summed E-state index contributed by atoms with van der Waals surface area (Å²) in [6.07, 6.45) is 2.35. The van der Waals surface area contributed by atoms with E-state index in [2.05, 4.69) is 30.8 Å². The number of H-pyrrole nitrogens is 2. The highest BCUT2D eigenvalue weighted by atomic mass is 32.2. The zero-order valence-corrected chi connectivity index (χ0v) is 16.4. The van der Waals surface area contributed by atoms with E-state index < -0.39 is 15.9 Å². The number of anilines is 1. The molecule has 0 spiro atoms. The van der Waals surface area contributed by atoms with E-state index in [0.717, 1.165) is 34.2 Å². The number of amides is 1. The van der Waals surface area contributed by atoms with Crippen LogP contribution in [0.3, 0.4) is 0 Å². The molecule has 0 unspecified atom stereocenters. The third kappa shape index (κ3) is 3.39. The maximum Gasteiger partial charge on any atom is 0.245 e. The molecule has 4 N–H and O–H groups in total. The molecule has 1 amide bonds. The highest BCUT2D eigenvalue weighted by molar-refractivity contribution is 7.89. The topological polar surface area (TPSA) is 136 Å². The molecule has 2 aromatic heterocycles. The molecule has 28 heavy (non-hydrogen) atoms. The normalized spacial score (nSPS) is 14.4. The van der Waals surface area contributed by atoms with Gasteiger partial charge in [-0.3, -0.25) is 15.2 Å². The highest BCUT2D eigenvalue weighted by Gasteiger charge is 2.26. The number of nitrogens with one attached hydrogen (secondary N) is 4. The van der Waals surface area contributed by atoms with Crippen LogP contribution in [-0.4, -0.2) is 58.9 Å². The molecule has 0 bridgehead atoms. The molecule has 0 aliphatic carbocycles. The van der Waals surface area contributed by atoms with Crippen molar-refractivity contribution in [3.05, 3.63) is 35.3 Å². The minimum absolute atomic E-state index is 0.0924. The van der Waals surface area contributed by atoms with Gasteiger partial charge >= 0.3 is 0 Å². The SMILES string of the molecule is Cc1cc(S(=O)(=O)N(C)CC(=O)Nc2nc3c([nH]2)CNCC3)c2[nH]ncc2c1. The molecular formula is C17H21N7O3S. The van der Waals surface area contributed by atoms with Gasteiger partial charge in [-0.2, -0.15) is 9.40 Å². The third-order valence-corrected chi connectivity index (χ3v) is 6.50. The Kier molecular flexibility index (Phi) is 4.65. The summed E-state index contributed by atoms with van der Waals surface area (Å²) in [5.41, 5.74) is 3.06. The lowest BCUT2D eigenvalue weighted by molar-refractivity contribution is -0.116. The van der Waals surface area contributed by atoms with E-state index in [0.29, 0.717) is 23.4 Å². The monoisotopic (exact) mass is 403 g/mol. The summed E-state index contributed by atoms with van der Waals surface area (Å²) in [6.45, 7) is 2.98. The minimum atomic E-state index is -3.89. The Balaban J connectivity index is 1.51. The molecule has 1 aliphatic rings. The van der Waals surface area contributed by atoms with Crippen molar-refractivity contribution in [3.8, 4) is 0 Å². The van der Waals surface area contributed by atoms with Crippen LogP contribution in [0.2, 0.25) is 0 Å². The van der Waals surface area contributed by atoms with E-state index in [4.69, 9.17) is 0 Å². The van der Waals surface area contributed by atoms with E-state index >= 15 is 0 Å². The minimum Gasteiger partial charge on any atom is -0.326 e. The fourth-order valence-electron chi connectivity index (χ4n) is 3.28. The third-order valence-electron chi connectivity index (χ3n) is 4.67. The highest BCUT2D eigenvalue weighted by Crippen LogP contribution is 2.25. The summed E-state index contributed by atoms with van der Waals surface area (Å²) in [5, 5.41) is 13.2. The second-order valence-electron chi connectivity index (χ2n) is 6.84. The van der Waals surface area contributed by atoms with Gasteiger partial charge in [0.2, 0.25) is 21.9 Å². The van der Waals surface area contributed by atoms with E-state index in [1.807, 2.05) is 13.0 Å². The maximum absolute atomic E-state index is 13.0. The zero-order chi connectivity index (χ0) is 19.9. The molecule has 4 rings (SSSR count). The summed E-state index contributed by atoms with van der Waals surface area (Å²) in [5.74, 6) is -0.144. The summed E-state index contributed by atoms with van der Waals surface area (Å²) < 4.78 is 27.0. The van der Waals surface area contributed by atoms with Crippen LogP contribution >= 0.6 is 0 Å². The Hall–Kier alpha value is -2.76. The lowest BCUT2D eigenvalue weighted by Crippen LogP contribution is -2.35. The number of imidazole rings is 1. The fourth-order valence-corrected chi connectivity index (χ4v) is 4.66. The summed E-state index contributed by atoms with van der Waals surface area (Å²) >= 11 is 0. The van der Waals surface area contributed by atoms with Crippen molar-refractivity contribution in [1.29, 1.82) is 0 Å². The number of rotatable bonds is 5. The van der Waals surface area contributed by atoms with Gasteiger partial charge in [-0.1, -0.05) is 0 Å². The van der Waals surface area contributed by atoms with Crippen LogP contribution in [0.5, 0.6) is 0 Å². The fraction of sp³-hybridized carbons (Fsp3) is 0.353. The first-order chi connectivity index (χ1) is 13.3. The number of aromatic amines is 2. The van der Waals surface area contributed by atoms with Gasteiger partial charge in [0.15, 0.2) is 0 Å². The van der Waals surface area contributed by atoms with Gasteiger partial charge < -0.3 is 10.3 Å². The smallest absolute Gasteiger partial charge is 0.245 e. The van der Waals surface area contributed by atoms with Crippen molar-refractivity contribution in [2.75, 3.05) is 25.5 Å². The number of aryl methyl sites for hydroxylation is 1. The summed E-state index contributed by atoms with van der Waals surface area (Å²) in [6, 6.07) is 3.41. The average Bonchev–Trinajstić information content (AvgIpc) is 3.26. The molecule has 3 aromatic rings. The van der Waals surface area contributed by atoms with Crippen LogP contribution < -0.4 is 10.6 Å². The van der Waals surface area contributed by atoms with Gasteiger partial charge in [0, 0.05) is 31.9 Å². The Morgan fingerprint density at radius 1 is 1.36 bits per heavy atom. The number of likely N-dealkylation sites (N-methyl/N-ethyl adjacent to an activating group) is 1. The number of fused-ring (bicyclic) bond motifs is 2. The van der Waals surface area contributed by atoms with E-state index in [-0.39, 0.29) is 11.4 Å². The molecule has 0 atom stereocenters. The standard InChI is InChI=1S/C17H21N7O3S/c1-10-5-11-7-19-23-16(11)14(6-10)28(26,27)24(2)9-15(25)22-17-20-12-3-4-18-8-13(12)21-17/h5-7,18H,3-4,8-9H2,1-2H3,(H,19,23)(H2,20,21,22,25). The quantitative estimate of drug-likeness (QED) is 0.490. The van der Waals surface area contributed by atoms with Crippen LogP contribution in [0.15, 0.2) is 23.2 Å². The Labute approximate surface area is 161 Å². The zero-order valence-electron chi connectivity index (χ0n) is 15.5. The largest absolute Gasteiger partial charge is 0.326 e. The number of carbonyl (C=O) groups is 1. The van der Waals surface area contributed by atoms with Crippen LogP contribution in [0, 0.1) is 6.92 Å². The molecule has 0 saturated carbocycles. The molecule has 148 valence electrons. The van der Waals surface area contributed by atoms with Crippen molar-refractivity contribution in [3.63, 3.8) is 0 Å². The van der Waals surface area contributed by atoms with E-state index in [1.54, 1.807) is 12.3 Å². The Morgan fingerprint density at radius 2 is 2.18 bits per heavy atom. The first-order valence-electron chi connectivity index (χ1n) is 8.83. The van der Waals surface area contributed by atoms with E-state index in [1.165, 1.54) is 7.05 Å². The number of hydrogen-bond donors (Lipinski definition) is 4. The first-order valence-corrected chi connectivity index (χ1v) is 10.3. The lowest BCUT2D eigenvalue weighted by Gasteiger charge is -2.17. The van der Waals surface area contributed by atoms with Crippen LogP contribution in [0.1, 0.15) is 17.0 Å². The van der Waals surface area contributed by atoms with Gasteiger partial charge in [0.05, 0.1) is 29.6 Å². The van der Waals surface area contributed by atoms with Gasteiger partial charge in [0.1, 0.15) is 4.90 Å². The number of benzene rings is 1. The van der Waals surface area contributed by atoms with Crippen LogP contribution in [0.25, 0.3) is 10.9 Å². The van der Waals surface area contributed by atoms with E-state index in [9.17, 15) is 13.2 Å². The first kappa shape index (κ1) is 18.6. The van der Waals surface area contributed by atoms with Gasteiger partial charge in [0.25, 0.3) is 0 Å². The molecule has 10 nitrogen and oxygen atoms in total. The Bertz CT molecular complexity index is 1130. The molecule has 3 heterocycles. The molecule has 0 saturated heterocycles. The number of nitrogens with zero attached hydrogens (tertiary/aromatic N) is 3. The molecule has 1 aromatic carbocycles. The number of hydrogen-bond acceptors (Lipinski definition) is 6. The number of aromatic nitrogens is 4. The summed E-state index contributed by atoms with van der Waals surface area (Å²) in [7, 11) is -2.52. The number of carbonyl (C=O) groups excluding carboxylic acids is 1. The van der Waals surface area contributed by atoms with Crippen molar-refractivity contribution in [2.45, 2.75) is 24.8 Å². The average molecular weight is 403 g/mol. The van der Waals surface area contributed by atoms with Crippen LogP contribution in [0.4, 0.5) is 5.95 Å². The second-order valence-corrected chi connectivity index (χ2v) is 8.86. The van der Waals surface area contributed by atoms with Gasteiger partial charge in [-0.05, 0) is 24.6 Å².